The number of ether oxygens (including phenoxy) is 1. The van der Waals surface area contributed by atoms with Crippen LogP contribution in [0.15, 0.2) is 29.1 Å². The summed E-state index contributed by atoms with van der Waals surface area (Å²) in [5.41, 5.74) is 2.20. The van der Waals surface area contributed by atoms with Gasteiger partial charge in [0.2, 0.25) is 0 Å². The molecule has 1 aromatic carbocycles. The highest BCUT2D eigenvalue weighted by Crippen LogP contribution is 2.29. The first-order chi connectivity index (χ1) is 14.1. The van der Waals surface area contributed by atoms with Gasteiger partial charge in [0.15, 0.2) is 0 Å². The Labute approximate surface area is 175 Å². The maximum atomic E-state index is 13.1. The average Bonchev–Trinajstić information content (AvgIpc) is 3.05. The van der Waals surface area contributed by atoms with Crippen molar-refractivity contribution in [3.05, 3.63) is 34.7 Å². The number of aromatic nitrogens is 2. The normalized spacial score (nSPS) is 19.7. The molecule has 3 heterocycles. The minimum absolute atomic E-state index is 0.116. The second-order valence-corrected chi connectivity index (χ2v) is 8.78. The Morgan fingerprint density at radius 2 is 1.66 bits per heavy atom. The molecule has 2 aromatic rings. The van der Waals surface area contributed by atoms with Gasteiger partial charge in [0.05, 0.1) is 24.0 Å². The Balaban J connectivity index is 1.44. The van der Waals surface area contributed by atoms with E-state index in [1.165, 1.54) is 7.11 Å². The lowest BCUT2D eigenvalue weighted by molar-refractivity contribution is 0.0686. The van der Waals surface area contributed by atoms with Gasteiger partial charge in [-0.15, -0.1) is 11.8 Å². The molecule has 2 aliphatic rings. The number of imidazole rings is 1. The fourth-order valence-electron chi connectivity index (χ4n) is 4.89. The second kappa shape index (κ2) is 8.83. The molecule has 2 saturated heterocycles. The van der Waals surface area contributed by atoms with Crippen molar-refractivity contribution in [3.8, 4) is 0 Å². The first-order valence-corrected chi connectivity index (χ1v) is 11.8. The van der Waals surface area contributed by atoms with Crippen LogP contribution in [0.2, 0.25) is 0 Å². The lowest BCUT2D eigenvalue weighted by Gasteiger charge is -2.41. The number of carbonyl (C=O) groups excluding carboxylic acids is 1. The number of piperidine rings is 2. The predicted octanol–water partition coefficient (Wildman–Crippen LogP) is 2.99. The molecular weight excluding hydrogens is 388 g/mol. The molecule has 0 N–H and O–H groups in total. The predicted molar refractivity (Wildman–Crippen MR) is 117 cm³/mol. The second-order valence-electron chi connectivity index (χ2n) is 7.94. The van der Waals surface area contributed by atoms with E-state index in [9.17, 15) is 9.59 Å². The van der Waals surface area contributed by atoms with Gasteiger partial charge < -0.3 is 14.5 Å². The van der Waals surface area contributed by atoms with E-state index >= 15 is 0 Å². The number of fused-ring (bicyclic) bond motifs is 1. The van der Waals surface area contributed by atoms with Crippen molar-refractivity contribution in [3.63, 3.8) is 0 Å². The molecule has 0 saturated carbocycles. The number of para-hydroxylation sites is 2. The van der Waals surface area contributed by atoms with Gasteiger partial charge in [-0.25, -0.2) is 9.59 Å². The van der Waals surface area contributed by atoms with Crippen molar-refractivity contribution in [1.82, 2.24) is 18.9 Å². The SMILES string of the molecule is COC(=O)N1CCC(N2CCC(n3c(=O)n(CSC)c4ccccc43)CC2)CC1. The molecule has 1 aromatic heterocycles. The molecule has 0 bridgehead atoms. The maximum Gasteiger partial charge on any atom is 0.409 e. The number of likely N-dealkylation sites (tertiary alicyclic amines) is 2. The van der Waals surface area contributed by atoms with E-state index in [0.29, 0.717) is 11.9 Å². The molecule has 0 atom stereocenters. The van der Waals surface area contributed by atoms with E-state index in [4.69, 9.17) is 4.74 Å². The van der Waals surface area contributed by atoms with Crippen LogP contribution in [0.5, 0.6) is 0 Å². The molecule has 0 radical (unpaired) electrons. The number of carbonyl (C=O) groups is 1. The van der Waals surface area contributed by atoms with Crippen LogP contribution < -0.4 is 5.69 Å². The minimum Gasteiger partial charge on any atom is -0.453 e. The number of rotatable bonds is 4. The molecule has 7 nitrogen and oxygen atoms in total. The monoisotopic (exact) mass is 418 g/mol. The zero-order valence-electron chi connectivity index (χ0n) is 17.2. The van der Waals surface area contributed by atoms with Gasteiger partial charge in [-0.2, -0.15) is 0 Å². The summed E-state index contributed by atoms with van der Waals surface area (Å²) in [4.78, 5) is 29.2. The summed E-state index contributed by atoms with van der Waals surface area (Å²) in [6.45, 7) is 3.53. The maximum absolute atomic E-state index is 13.1. The molecule has 8 heteroatoms. The third-order valence-electron chi connectivity index (χ3n) is 6.41. The van der Waals surface area contributed by atoms with Gasteiger partial charge in [-0.1, -0.05) is 12.1 Å². The summed E-state index contributed by atoms with van der Waals surface area (Å²) in [5.74, 6) is 0.684. The number of nitrogens with zero attached hydrogens (tertiary/aromatic N) is 4. The third-order valence-corrected chi connectivity index (χ3v) is 6.92. The fraction of sp³-hybridized carbons (Fsp3) is 0.619. The Kier molecular flexibility index (Phi) is 6.20. The van der Waals surface area contributed by atoms with E-state index in [-0.39, 0.29) is 17.8 Å². The molecule has 2 aliphatic heterocycles. The van der Waals surface area contributed by atoms with Crippen LogP contribution in [0.25, 0.3) is 11.0 Å². The number of amides is 1. The van der Waals surface area contributed by atoms with Gasteiger partial charge in [0, 0.05) is 38.3 Å². The van der Waals surface area contributed by atoms with E-state index in [0.717, 1.165) is 62.9 Å². The number of hydrogen-bond acceptors (Lipinski definition) is 5. The highest BCUT2D eigenvalue weighted by molar-refractivity contribution is 7.97. The lowest BCUT2D eigenvalue weighted by Crippen LogP contribution is -2.49. The zero-order valence-corrected chi connectivity index (χ0v) is 18.1. The topological polar surface area (TPSA) is 59.7 Å². The number of methoxy groups -OCH3 is 1. The average molecular weight is 419 g/mol. The molecule has 29 heavy (non-hydrogen) atoms. The standard InChI is InChI=1S/C21H30N4O3S/c1-28-21(27)23-13-7-16(8-14-23)22-11-9-17(10-12-22)25-19-6-4-3-5-18(19)24(15-29-2)20(25)26/h3-6,16-17H,7-15H2,1-2H3. The summed E-state index contributed by atoms with van der Waals surface area (Å²) < 4.78 is 8.76. The number of hydrogen-bond donors (Lipinski definition) is 0. The van der Waals surface area contributed by atoms with Crippen LogP contribution in [0.1, 0.15) is 31.7 Å². The summed E-state index contributed by atoms with van der Waals surface area (Å²) in [6.07, 6.45) is 5.78. The van der Waals surface area contributed by atoms with E-state index in [1.807, 2.05) is 33.6 Å². The van der Waals surface area contributed by atoms with Crippen LogP contribution in [0.3, 0.4) is 0 Å². The van der Waals surface area contributed by atoms with Crippen molar-refractivity contribution in [2.45, 2.75) is 43.6 Å². The van der Waals surface area contributed by atoms with Crippen LogP contribution in [-0.4, -0.2) is 70.6 Å². The molecule has 1 amide bonds. The summed E-state index contributed by atoms with van der Waals surface area (Å²) in [7, 11) is 1.44. The number of thioether (sulfide) groups is 1. The van der Waals surface area contributed by atoms with Crippen molar-refractivity contribution in [2.75, 3.05) is 39.5 Å². The van der Waals surface area contributed by atoms with Crippen LogP contribution >= 0.6 is 11.8 Å². The Morgan fingerprint density at radius 3 is 2.28 bits per heavy atom. The minimum atomic E-state index is -0.219. The zero-order chi connectivity index (χ0) is 20.4. The molecular formula is C21H30N4O3S. The summed E-state index contributed by atoms with van der Waals surface area (Å²) >= 11 is 1.67. The molecule has 0 spiro atoms. The quantitative estimate of drug-likeness (QED) is 0.764. The molecule has 0 unspecified atom stereocenters. The lowest BCUT2D eigenvalue weighted by atomic mass is 9.97. The molecule has 158 valence electrons. The van der Waals surface area contributed by atoms with Gasteiger partial charge in [0.1, 0.15) is 0 Å². The van der Waals surface area contributed by atoms with E-state index in [1.54, 1.807) is 16.7 Å². The highest BCUT2D eigenvalue weighted by Gasteiger charge is 2.31. The van der Waals surface area contributed by atoms with E-state index in [2.05, 4.69) is 11.0 Å². The van der Waals surface area contributed by atoms with Crippen molar-refractivity contribution in [1.29, 1.82) is 0 Å². The first-order valence-electron chi connectivity index (χ1n) is 10.4. The fourth-order valence-corrected chi connectivity index (χ4v) is 5.40. The summed E-state index contributed by atoms with van der Waals surface area (Å²) in [5, 5.41) is 0. The largest absolute Gasteiger partial charge is 0.453 e. The van der Waals surface area contributed by atoms with Crippen molar-refractivity contribution >= 4 is 28.9 Å². The van der Waals surface area contributed by atoms with Gasteiger partial charge >= 0.3 is 11.8 Å². The molecule has 0 aliphatic carbocycles. The Bertz CT molecular complexity index is 908. The van der Waals surface area contributed by atoms with Gasteiger partial charge in [0.25, 0.3) is 0 Å². The highest BCUT2D eigenvalue weighted by atomic mass is 32.2. The smallest absolute Gasteiger partial charge is 0.409 e. The summed E-state index contributed by atoms with van der Waals surface area (Å²) in [6, 6.07) is 8.92. The van der Waals surface area contributed by atoms with Gasteiger partial charge in [-0.3, -0.25) is 9.13 Å². The number of benzene rings is 1. The third kappa shape index (κ3) is 3.92. The Hall–Kier alpha value is -1.93. The molecule has 4 rings (SSSR count). The van der Waals surface area contributed by atoms with E-state index < -0.39 is 0 Å². The van der Waals surface area contributed by atoms with Crippen LogP contribution in [0.4, 0.5) is 4.79 Å². The Morgan fingerprint density at radius 1 is 1.03 bits per heavy atom. The van der Waals surface area contributed by atoms with Gasteiger partial charge in [-0.05, 0) is 44.1 Å². The first kappa shape index (κ1) is 20.3. The van der Waals surface area contributed by atoms with Crippen LogP contribution in [0, 0.1) is 0 Å². The van der Waals surface area contributed by atoms with Crippen molar-refractivity contribution < 1.29 is 9.53 Å². The van der Waals surface area contributed by atoms with Crippen molar-refractivity contribution in [2.24, 2.45) is 0 Å². The van der Waals surface area contributed by atoms with Crippen LogP contribution in [-0.2, 0) is 10.6 Å². The molecule has 2 fully saturated rings.